The highest BCUT2D eigenvalue weighted by atomic mass is 79.9. The summed E-state index contributed by atoms with van der Waals surface area (Å²) in [5, 5.41) is 2.87. The quantitative estimate of drug-likeness (QED) is 0.825. The molecule has 98 valence electrons. The van der Waals surface area contributed by atoms with Crippen LogP contribution in [-0.2, 0) is 0 Å². The molecule has 4 heteroatoms. The number of nitrogen functional groups attached to an aromatic ring is 1. The molecule has 0 saturated heterocycles. The number of halogens is 1. The van der Waals surface area contributed by atoms with Crippen LogP contribution >= 0.6 is 15.9 Å². The second-order valence-corrected chi connectivity index (χ2v) is 5.36. The van der Waals surface area contributed by atoms with Crippen LogP contribution < -0.4 is 11.1 Å². The van der Waals surface area contributed by atoms with Gasteiger partial charge >= 0.3 is 0 Å². The molecule has 3 N–H and O–H groups in total. The van der Waals surface area contributed by atoms with Crippen molar-refractivity contribution in [3.05, 3.63) is 57.6 Å². The van der Waals surface area contributed by atoms with Crippen molar-refractivity contribution in [3.63, 3.8) is 0 Å². The van der Waals surface area contributed by atoms with Crippen LogP contribution in [0.1, 0.15) is 21.5 Å². The van der Waals surface area contributed by atoms with E-state index in [0.717, 1.165) is 21.3 Å². The van der Waals surface area contributed by atoms with E-state index >= 15 is 0 Å². The molecule has 0 heterocycles. The number of amides is 1. The van der Waals surface area contributed by atoms with E-state index in [1.165, 1.54) is 0 Å². The SMILES string of the molecule is Cc1ccc(Br)c(NC(=O)c2ccc(C)c(N)c2)c1. The topological polar surface area (TPSA) is 55.1 Å². The van der Waals surface area contributed by atoms with Gasteiger partial charge < -0.3 is 11.1 Å². The summed E-state index contributed by atoms with van der Waals surface area (Å²) in [5.74, 6) is -0.169. The summed E-state index contributed by atoms with van der Waals surface area (Å²) in [6.45, 7) is 3.89. The number of hydrogen-bond donors (Lipinski definition) is 2. The van der Waals surface area contributed by atoms with Crippen LogP contribution in [0.4, 0.5) is 11.4 Å². The highest BCUT2D eigenvalue weighted by Crippen LogP contribution is 2.24. The van der Waals surface area contributed by atoms with Crippen LogP contribution in [0, 0.1) is 13.8 Å². The Labute approximate surface area is 121 Å². The maximum Gasteiger partial charge on any atom is 0.255 e. The van der Waals surface area contributed by atoms with Crippen molar-refractivity contribution in [3.8, 4) is 0 Å². The molecule has 2 aromatic carbocycles. The molecule has 0 radical (unpaired) electrons. The summed E-state index contributed by atoms with van der Waals surface area (Å²) in [6, 6.07) is 11.1. The molecule has 0 unspecified atom stereocenters. The second-order valence-electron chi connectivity index (χ2n) is 4.51. The molecule has 0 aliphatic carbocycles. The van der Waals surface area contributed by atoms with Crippen LogP contribution in [-0.4, -0.2) is 5.91 Å². The predicted molar refractivity (Wildman–Crippen MR) is 82.4 cm³/mol. The molecule has 3 nitrogen and oxygen atoms in total. The number of carbonyl (C=O) groups excluding carboxylic acids is 1. The van der Waals surface area contributed by atoms with E-state index in [9.17, 15) is 4.79 Å². The fourth-order valence-corrected chi connectivity index (χ4v) is 2.06. The lowest BCUT2D eigenvalue weighted by Crippen LogP contribution is -2.13. The van der Waals surface area contributed by atoms with Crippen molar-refractivity contribution in [2.75, 3.05) is 11.1 Å². The summed E-state index contributed by atoms with van der Waals surface area (Å²) < 4.78 is 0.853. The Bertz CT molecular complexity index is 638. The van der Waals surface area contributed by atoms with Gasteiger partial charge in [0, 0.05) is 15.7 Å². The minimum Gasteiger partial charge on any atom is -0.398 e. The van der Waals surface area contributed by atoms with Gasteiger partial charge in [0.15, 0.2) is 0 Å². The number of anilines is 2. The van der Waals surface area contributed by atoms with Gasteiger partial charge in [0.25, 0.3) is 5.91 Å². The van der Waals surface area contributed by atoms with Gasteiger partial charge in [0.2, 0.25) is 0 Å². The largest absolute Gasteiger partial charge is 0.398 e. The van der Waals surface area contributed by atoms with Gasteiger partial charge in [-0.25, -0.2) is 0 Å². The van der Waals surface area contributed by atoms with Crippen molar-refractivity contribution in [1.82, 2.24) is 0 Å². The van der Waals surface area contributed by atoms with Crippen molar-refractivity contribution < 1.29 is 4.79 Å². The molecule has 1 amide bonds. The fraction of sp³-hybridized carbons (Fsp3) is 0.133. The Hall–Kier alpha value is -1.81. The minimum atomic E-state index is -0.169. The van der Waals surface area contributed by atoms with E-state index in [0.29, 0.717) is 11.3 Å². The highest BCUT2D eigenvalue weighted by Gasteiger charge is 2.09. The van der Waals surface area contributed by atoms with Gasteiger partial charge in [-0.2, -0.15) is 0 Å². The second kappa shape index (κ2) is 5.45. The zero-order chi connectivity index (χ0) is 14.0. The van der Waals surface area contributed by atoms with Crippen LogP contribution in [0.15, 0.2) is 40.9 Å². The van der Waals surface area contributed by atoms with E-state index < -0.39 is 0 Å². The Morgan fingerprint density at radius 3 is 2.58 bits per heavy atom. The third-order valence-electron chi connectivity index (χ3n) is 2.91. The van der Waals surface area contributed by atoms with Gasteiger partial charge in [-0.1, -0.05) is 12.1 Å². The zero-order valence-corrected chi connectivity index (χ0v) is 12.4. The standard InChI is InChI=1S/C15H15BrN2O/c1-9-3-6-12(16)14(7-9)18-15(19)11-5-4-10(2)13(17)8-11/h3-8H,17H2,1-2H3,(H,18,19). The molecule has 0 aromatic heterocycles. The lowest BCUT2D eigenvalue weighted by atomic mass is 10.1. The van der Waals surface area contributed by atoms with E-state index in [4.69, 9.17) is 5.73 Å². The third-order valence-corrected chi connectivity index (χ3v) is 3.60. The van der Waals surface area contributed by atoms with E-state index in [1.807, 2.05) is 38.1 Å². The van der Waals surface area contributed by atoms with Gasteiger partial charge in [-0.3, -0.25) is 4.79 Å². The lowest BCUT2D eigenvalue weighted by Gasteiger charge is -2.09. The van der Waals surface area contributed by atoms with Crippen LogP contribution in [0.2, 0.25) is 0 Å². The number of benzene rings is 2. The summed E-state index contributed by atoms with van der Waals surface area (Å²) in [5.41, 5.74) is 9.80. The van der Waals surface area contributed by atoms with E-state index in [2.05, 4.69) is 21.2 Å². The van der Waals surface area contributed by atoms with Gasteiger partial charge in [0.05, 0.1) is 5.69 Å². The zero-order valence-electron chi connectivity index (χ0n) is 10.8. The van der Waals surface area contributed by atoms with Crippen molar-refractivity contribution >= 4 is 33.2 Å². The number of aryl methyl sites for hydroxylation is 2. The number of rotatable bonds is 2. The van der Waals surface area contributed by atoms with Crippen molar-refractivity contribution in [1.29, 1.82) is 0 Å². The molecule has 0 atom stereocenters. The smallest absolute Gasteiger partial charge is 0.255 e. The Kier molecular flexibility index (Phi) is 3.90. The molecule has 0 bridgehead atoms. The van der Waals surface area contributed by atoms with E-state index in [1.54, 1.807) is 12.1 Å². The molecule has 0 spiro atoms. The molecule has 2 rings (SSSR count). The monoisotopic (exact) mass is 318 g/mol. The number of nitrogens with two attached hydrogens (primary N) is 1. The summed E-state index contributed by atoms with van der Waals surface area (Å²) in [4.78, 5) is 12.2. The first-order valence-corrected chi connectivity index (χ1v) is 6.70. The first-order chi connectivity index (χ1) is 8.97. The molecule has 19 heavy (non-hydrogen) atoms. The van der Waals surface area contributed by atoms with Crippen LogP contribution in [0.3, 0.4) is 0 Å². The van der Waals surface area contributed by atoms with Crippen molar-refractivity contribution in [2.45, 2.75) is 13.8 Å². The molecular weight excluding hydrogens is 304 g/mol. The molecular formula is C15H15BrN2O. The maximum atomic E-state index is 12.2. The van der Waals surface area contributed by atoms with Crippen molar-refractivity contribution in [2.24, 2.45) is 0 Å². The predicted octanol–water partition coefficient (Wildman–Crippen LogP) is 3.90. The molecule has 0 aliphatic rings. The molecule has 0 fully saturated rings. The molecule has 0 aliphatic heterocycles. The summed E-state index contributed by atoms with van der Waals surface area (Å²) in [6.07, 6.45) is 0. The Balaban J connectivity index is 2.25. The lowest BCUT2D eigenvalue weighted by molar-refractivity contribution is 0.102. The van der Waals surface area contributed by atoms with E-state index in [-0.39, 0.29) is 5.91 Å². The average molecular weight is 319 g/mol. The molecule has 2 aromatic rings. The third kappa shape index (κ3) is 3.15. The summed E-state index contributed by atoms with van der Waals surface area (Å²) >= 11 is 3.42. The Morgan fingerprint density at radius 2 is 1.89 bits per heavy atom. The summed E-state index contributed by atoms with van der Waals surface area (Å²) in [7, 11) is 0. The number of nitrogens with one attached hydrogen (secondary N) is 1. The maximum absolute atomic E-state index is 12.2. The van der Waals surface area contributed by atoms with Gasteiger partial charge in [-0.05, 0) is 65.2 Å². The van der Waals surface area contributed by atoms with Gasteiger partial charge in [-0.15, -0.1) is 0 Å². The minimum absolute atomic E-state index is 0.169. The normalized spacial score (nSPS) is 10.3. The van der Waals surface area contributed by atoms with Gasteiger partial charge in [0.1, 0.15) is 0 Å². The highest BCUT2D eigenvalue weighted by molar-refractivity contribution is 9.10. The average Bonchev–Trinajstić information content (AvgIpc) is 2.37. The molecule has 0 saturated carbocycles. The number of carbonyl (C=O) groups is 1. The van der Waals surface area contributed by atoms with Crippen LogP contribution in [0.25, 0.3) is 0 Å². The fourth-order valence-electron chi connectivity index (χ4n) is 1.71. The first kappa shape index (κ1) is 13.6. The van der Waals surface area contributed by atoms with Crippen LogP contribution in [0.5, 0.6) is 0 Å². The first-order valence-electron chi connectivity index (χ1n) is 5.91. The number of hydrogen-bond acceptors (Lipinski definition) is 2. The Morgan fingerprint density at radius 1 is 1.16 bits per heavy atom.